The van der Waals surface area contributed by atoms with Crippen LogP contribution in [-0.2, 0) is 0 Å². The molecule has 0 aromatic heterocycles. The van der Waals surface area contributed by atoms with E-state index in [1.54, 1.807) is 0 Å². The van der Waals surface area contributed by atoms with Gasteiger partial charge in [-0.25, -0.2) is 4.99 Å². The number of aliphatic imine (C=N–C) groups is 1. The standard InChI is InChI=1S/C18H29NSSi/c1-15(2)11-13-20-18(12-14-21(4,5)6)19-17-9-7-16(3)8-10-17/h7-11H,12-14H2,1-6H3. The average Bonchev–Trinajstić information content (AvgIpc) is 2.37. The monoisotopic (exact) mass is 319 g/mol. The van der Waals surface area contributed by atoms with Gasteiger partial charge in [-0.3, -0.25) is 0 Å². The summed E-state index contributed by atoms with van der Waals surface area (Å²) in [6.07, 6.45) is 3.40. The molecule has 0 amide bonds. The summed E-state index contributed by atoms with van der Waals surface area (Å²) < 4.78 is 0. The topological polar surface area (TPSA) is 12.4 Å². The molecular formula is C18H29NSSi. The average molecular weight is 320 g/mol. The summed E-state index contributed by atoms with van der Waals surface area (Å²) >= 11 is 1.89. The van der Waals surface area contributed by atoms with Crippen LogP contribution in [0.5, 0.6) is 0 Å². The Morgan fingerprint density at radius 3 is 2.29 bits per heavy atom. The Hall–Kier alpha value is -0.803. The van der Waals surface area contributed by atoms with E-state index in [2.05, 4.69) is 70.8 Å². The van der Waals surface area contributed by atoms with Crippen LogP contribution in [0.25, 0.3) is 0 Å². The van der Waals surface area contributed by atoms with E-state index in [1.165, 1.54) is 22.2 Å². The Morgan fingerprint density at radius 2 is 1.76 bits per heavy atom. The van der Waals surface area contributed by atoms with E-state index >= 15 is 0 Å². The highest BCUT2D eigenvalue weighted by Crippen LogP contribution is 2.22. The molecule has 0 atom stereocenters. The Labute approximate surface area is 136 Å². The Bertz CT molecular complexity index is 491. The van der Waals surface area contributed by atoms with Crippen LogP contribution in [0.4, 0.5) is 5.69 Å². The minimum atomic E-state index is -1.02. The van der Waals surface area contributed by atoms with Crippen LogP contribution in [0.15, 0.2) is 40.9 Å². The third-order valence-electron chi connectivity index (χ3n) is 3.12. The third kappa shape index (κ3) is 8.94. The van der Waals surface area contributed by atoms with Gasteiger partial charge in [0.1, 0.15) is 0 Å². The first kappa shape index (κ1) is 18.2. The molecule has 1 nitrogen and oxygen atoms in total. The normalized spacial score (nSPS) is 12.4. The van der Waals surface area contributed by atoms with E-state index < -0.39 is 8.07 Å². The fourth-order valence-corrected chi connectivity index (χ4v) is 3.90. The van der Waals surface area contributed by atoms with Crippen molar-refractivity contribution in [3.05, 3.63) is 41.5 Å². The molecule has 0 saturated carbocycles. The molecule has 1 aromatic rings. The summed E-state index contributed by atoms with van der Waals surface area (Å²) in [5.41, 5.74) is 3.74. The Balaban J connectivity index is 2.79. The van der Waals surface area contributed by atoms with Gasteiger partial charge >= 0.3 is 0 Å². The van der Waals surface area contributed by atoms with E-state index in [0.29, 0.717) is 0 Å². The summed E-state index contributed by atoms with van der Waals surface area (Å²) in [6, 6.07) is 9.81. The maximum atomic E-state index is 4.87. The van der Waals surface area contributed by atoms with Gasteiger partial charge in [0.05, 0.1) is 10.7 Å². The third-order valence-corrected chi connectivity index (χ3v) is 5.83. The summed E-state index contributed by atoms with van der Waals surface area (Å²) in [5, 5.41) is 1.28. The van der Waals surface area contributed by atoms with E-state index in [-0.39, 0.29) is 0 Å². The quantitative estimate of drug-likeness (QED) is 0.254. The molecule has 0 aliphatic heterocycles. The zero-order chi connectivity index (χ0) is 15.9. The number of benzene rings is 1. The highest BCUT2D eigenvalue weighted by atomic mass is 32.2. The molecule has 116 valence electrons. The molecular weight excluding hydrogens is 290 g/mol. The Morgan fingerprint density at radius 1 is 1.14 bits per heavy atom. The number of nitrogens with zero attached hydrogens (tertiary/aromatic N) is 1. The molecule has 1 aromatic carbocycles. The second kappa shape index (κ2) is 8.59. The van der Waals surface area contributed by atoms with E-state index in [1.807, 2.05) is 11.8 Å². The maximum absolute atomic E-state index is 4.87. The van der Waals surface area contributed by atoms with E-state index in [0.717, 1.165) is 17.9 Å². The van der Waals surface area contributed by atoms with Gasteiger partial charge in [0.25, 0.3) is 0 Å². The summed E-state index contributed by atoms with van der Waals surface area (Å²) in [5.74, 6) is 1.03. The van der Waals surface area contributed by atoms with Crippen molar-refractivity contribution in [2.45, 2.75) is 52.9 Å². The Kier molecular flexibility index (Phi) is 7.47. The number of hydrogen-bond acceptors (Lipinski definition) is 2. The summed E-state index contributed by atoms with van der Waals surface area (Å²) in [7, 11) is -1.02. The zero-order valence-corrected chi connectivity index (χ0v) is 16.2. The predicted octanol–water partition coefficient (Wildman–Crippen LogP) is 6.45. The smallest absolute Gasteiger partial charge is 0.0738 e. The SMILES string of the molecule is CC(C)=CCSC(CC[Si](C)(C)C)=Nc1ccc(C)cc1. The summed E-state index contributed by atoms with van der Waals surface area (Å²) in [6.45, 7) is 13.7. The minimum Gasteiger partial charge on any atom is -0.247 e. The molecule has 0 radical (unpaired) electrons. The second-order valence-electron chi connectivity index (χ2n) is 6.99. The van der Waals surface area contributed by atoms with Crippen LogP contribution >= 0.6 is 11.8 Å². The molecule has 0 saturated heterocycles. The van der Waals surface area contributed by atoms with Gasteiger partial charge in [-0.2, -0.15) is 0 Å². The van der Waals surface area contributed by atoms with Gasteiger partial charge in [-0.1, -0.05) is 55.0 Å². The van der Waals surface area contributed by atoms with Crippen molar-refractivity contribution in [2.24, 2.45) is 4.99 Å². The van der Waals surface area contributed by atoms with Gasteiger partial charge < -0.3 is 0 Å². The largest absolute Gasteiger partial charge is 0.247 e. The second-order valence-corrected chi connectivity index (χ2v) is 13.7. The number of rotatable bonds is 6. The maximum Gasteiger partial charge on any atom is 0.0738 e. The molecule has 3 heteroatoms. The van der Waals surface area contributed by atoms with Gasteiger partial charge in [0.15, 0.2) is 0 Å². The van der Waals surface area contributed by atoms with Crippen LogP contribution in [0, 0.1) is 6.92 Å². The minimum absolute atomic E-state index is 1.02. The fourth-order valence-electron chi connectivity index (χ4n) is 1.71. The van der Waals surface area contributed by atoms with E-state index in [4.69, 9.17) is 4.99 Å². The van der Waals surface area contributed by atoms with Crippen LogP contribution in [0.3, 0.4) is 0 Å². The molecule has 21 heavy (non-hydrogen) atoms. The molecule has 0 heterocycles. The van der Waals surface area contributed by atoms with Crippen LogP contribution in [-0.4, -0.2) is 18.9 Å². The molecule has 0 bridgehead atoms. The van der Waals surface area contributed by atoms with Gasteiger partial charge in [-0.05, 0) is 39.3 Å². The molecule has 1 rings (SSSR count). The van der Waals surface area contributed by atoms with Crippen molar-refractivity contribution in [1.82, 2.24) is 0 Å². The number of allylic oxidation sites excluding steroid dienone is 1. The van der Waals surface area contributed by atoms with Crippen molar-refractivity contribution in [2.75, 3.05) is 5.75 Å². The lowest BCUT2D eigenvalue weighted by molar-refractivity contribution is 1.22. The number of aryl methyl sites for hydroxylation is 1. The van der Waals surface area contributed by atoms with Crippen molar-refractivity contribution < 1.29 is 0 Å². The van der Waals surface area contributed by atoms with Crippen LogP contribution in [0.2, 0.25) is 25.7 Å². The number of hydrogen-bond donors (Lipinski definition) is 0. The molecule has 0 spiro atoms. The van der Waals surface area contributed by atoms with Crippen molar-refractivity contribution in [3.63, 3.8) is 0 Å². The van der Waals surface area contributed by atoms with E-state index in [9.17, 15) is 0 Å². The first-order chi connectivity index (χ1) is 9.76. The highest BCUT2D eigenvalue weighted by Gasteiger charge is 2.14. The first-order valence-electron chi connectivity index (χ1n) is 7.67. The lowest BCUT2D eigenvalue weighted by atomic mass is 10.2. The van der Waals surface area contributed by atoms with Crippen LogP contribution < -0.4 is 0 Å². The van der Waals surface area contributed by atoms with Crippen LogP contribution in [0.1, 0.15) is 25.8 Å². The highest BCUT2D eigenvalue weighted by molar-refractivity contribution is 8.14. The van der Waals surface area contributed by atoms with Gasteiger partial charge in [0, 0.05) is 13.8 Å². The summed E-state index contributed by atoms with van der Waals surface area (Å²) in [4.78, 5) is 4.87. The molecule has 0 N–H and O–H groups in total. The van der Waals surface area contributed by atoms with Crippen molar-refractivity contribution in [3.8, 4) is 0 Å². The van der Waals surface area contributed by atoms with Crippen molar-refractivity contribution >= 4 is 30.6 Å². The molecule has 0 aliphatic carbocycles. The first-order valence-corrected chi connectivity index (χ1v) is 12.4. The predicted molar refractivity (Wildman–Crippen MR) is 103 cm³/mol. The molecule has 0 aliphatic rings. The lowest BCUT2D eigenvalue weighted by Gasteiger charge is -2.16. The zero-order valence-electron chi connectivity index (χ0n) is 14.4. The molecule has 0 fully saturated rings. The molecule has 0 unspecified atom stereocenters. The van der Waals surface area contributed by atoms with Crippen molar-refractivity contribution in [1.29, 1.82) is 0 Å². The number of thioether (sulfide) groups is 1. The van der Waals surface area contributed by atoms with Gasteiger partial charge in [0.2, 0.25) is 0 Å². The van der Waals surface area contributed by atoms with Gasteiger partial charge in [-0.15, -0.1) is 11.8 Å². The fraction of sp³-hybridized carbons (Fsp3) is 0.500. The lowest BCUT2D eigenvalue weighted by Crippen LogP contribution is -2.20.